The molecule has 33 heavy (non-hydrogen) atoms. The molecule has 0 amide bonds. The number of unbranched alkanes of at least 4 members (excludes halogenated alkanes) is 2. The van der Waals surface area contributed by atoms with Crippen LogP contribution in [0.3, 0.4) is 0 Å². The van der Waals surface area contributed by atoms with Gasteiger partial charge in [-0.2, -0.15) is 0 Å². The zero-order valence-corrected chi connectivity index (χ0v) is 22.0. The standard InChI is InChI=1S/C29H46O4/c1-8-9-10-11-32-25(30)18-13-16-12-17(18)21(14-16)33-26(31)29-20-15-19(24(29)28(5,6)7)22(23(20)29)27(2,3)4/h16-24H,8-15H2,1-7H3. The van der Waals surface area contributed by atoms with Crippen molar-refractivity contribution in [1.82, 2.24) is 0 Å². The number of rotatable bonds is 7. The molecule has 6 aliphatic rings. The number of carbonyl (C=O) groups is 2. The molecule has 6 fully saturated rings. The van der Waals surface area contributed by atoms with Crippen molar-refractivity contribution in [3.8, 4) is 0 Å². The van der Waals surface area contributed by atoms with E-state index in [0.29, 0.717) is 42.1 Å². The van der Waals surface area contributed by atoms with E-state index in [-0.39, 0.29) is 46.1 Å². The second-order valence-electron chi connectivity index (χ2n) is 14.4. The van der Waals surface area contributed by atoms with Gasteiger partial charge in [-0.15, -0.1) is 0 Å². The zero-order valence-electron chi connectivity index (χ0n) is 22.0. The van der Waals surface area contributed by atoms with Gasteiger partial charge in [0.15, 0.2) is 0 Å². The number of fused-ring (bicyclic) bond motifs is 2. The average molecular weight is 459 g/mol. The fraction of sp³-hybridized carbons (Fsp3) is 0.931. The second-order valence-corrected chi connectivity index (χ2v) is 14.4. The maximum Gasteiger partial charge on any atom is 0.313 e. The molecule has 6 bridgehead atoms. The van der Waals surface area contributed by atoms with Gasteiger partial charge in [-0.3, -0.25) is 9.59 Å². The summed E-state index contributed by atoms with van der Waals surface area (Å²) in [5.74, 6) is 3.30. The lowest BCUT2D eigenvalue weighted by Gasteiger charge is -2.38. The molecule has 0 aromatic carbocycles. The molecule has 0 heterocycles. The topological polar surface area (TPSA) is 52.6 Å². The van der Waals surface area contributed by atoms with Gasteiger partial charge < -0.3 is 9.47 Å². The van der Waals surface area contributed by atoms with E-state index in [1.165, 1.54) is 6.42 Å². The van der Waals surface area contributed by atoms with Crippen LogP contribution in [0, 0.1) is 63.6 Å². The van der Waals surface area contributed by atoms with Crippen LogP contribution >= 0.6 is 0 Å². The van der Waals surface area contributed by atoms with Gasteiger partial charge in [0, 0.05) is 5.92 Å². The van der Waals surface area contributed by atoms with E-state index in [4.69, 9.17) is 9.47 Å². The van der Waals surface area contributed by atoms with Crippen molar-refractivity contribution in [3.63, 3.8) is 0 Å². The summed E-state index contributed by atoms with van der Waals surface area (Å²) in [5, 5.41) is 0. The molecule has 0 aliphatic heterocycles. The van der Waals surface area contributed by atoms with Crippen molar-refractivity contribution in [3.05, 3.63) is 0 Å². The fourth-order valence-electron chi connectivity index (χ4n) is 9.76. The Morgan fingerprint density at radius 2 is 1.64 bits per heavy atom. The molecule has 10 unspecified atom stereocenters. The van der Waals surface area contributed by atoms with Crippen LogP contribution in [0.15, 0.2) is 0 Å². The second kappa shape index (κ2) is 7.72. The Balaban J connectivity index is 1.29. The van der Waals surface area contributed by atoms with Crippen LogP contribution in [0.2, 0.25) is 0 Å². The zero-order chi connectivity index (χ0) is 23.9. The predicted molar refractivity (Wildman–Crippen MR) is 128 cm³/mol. The molecule has 0 aromatic rings. The summed E-state index contributed by atoms with van der Waals surface area (Å²) in [6.45, 7) is 16.7. The highest BCUT2D eigenvalue weighted by Crippen LogP contribution is 2.88. The molecule has 0 N–H and O–H groups in total. The van der Waals surface area contributed by atoms with Crippen LogP contribution in [0.4, 0.5) is 0 Å². The number of hydrogen-bond donors (Lipinski definition) is 0. The first-order valence-corrected chi connectivity index (χ1v) is 13.8. The maximum atomic E-state index is 14.0. The van der Waals surface area contributed by atoms with E-state index >= 15 is 0 Å². The molecule has 0 spiro atoms. The van der Waals surface area contributed by atoms with E-state index in [1.807, 2.05) is 0 Å². The summed E-state index contributed by atoms with van der Waals surface area (Å²) in [6, 6.07) is 0. The molecule has 6 rings (SSSR count). The lowest BCUT2D eigenvalue weighted by atomic mass is 9.67. The molecule has 4 heteroatoms. The molecule has 186 valence electrons. The van der Waals surface area contributed by atoms with Crippen LogP contribution in [0.1, 0.15) is 93.4 Å². The van der Waals surface area contributed by atoms with Gasteiger partial charge in [0.25, 0.3) is 0 Å². The van der Waals surface area contributed by atoms with Gasteiger partial charge in [-0.25, -0.2) is 0 Å². The summed E-state index contributed by atoms with van der Waals surface area (Å²) >= 11 is 0. The van der Waals surface area contributed by atoms with Crippen molar-refractivity contribution in [2.24, 2.45) is 63.6 Å². The molecule has 0 saturated heterocycles. The first kappa shape index (κ1) is 23.7. The summed E-state index contributed by atoms with van der Waals surface area (Å²) in [5.41, 5.74) is 0.0662. The first-order chi connectivity index (χ1) is 15.4. The average Bonchev–Trinajstić information content (AvgIpc) is 3.31. The highest BCUT2D eigenvalue weighted by Gasteiger charge is 2.89. The maximum absolute atomic E-state index is 14.0. The summed E-state index contributed by atoms with van der Waals surface area (Å²) in [7, 11) is 0. The van der Waals surface area contributed by atoms with E-state index in [0.717, 1.165) is 38.5 Å². The summed E-state index contributed by atoms with van der Waals surface area (Å²) in [6.07, 6.45) is 7.15. The molecular weight excluding hydrogens is 412 g/mol. The van der Waals surface area contributed by atoms with Crippen molar-refractivity contribution in [2.75, 3.05) is 6.61 Å². The Hall–Kier alpha value is -1.06. The molecule has 4 nitrogen and oxygen atoms in total. The van der Waals surface area contributed by atoms with Crippen LogP contribution < -0.4 is 0 Å². The third kappa shape index (κ3) is 3.43. The minimum Gasteiger partial charge on any atom is -0.465 e. The molecule has 0 radical (unpaired) electrons. The highest BCUT2D eigenvalue weighted by molar-refractivity contribution is 5.85. The highest BCUT2D eigenvalue weighted by atomic mass is 16.6. The molecule has 6 saturated carbocycles. The van der Waals surface area contributed by atoms with E-state index in [1.54, 1.807) is 0 Å². The Morgan fingerprint density at radius 1 is 0.909 bits per heavy atom. The normalized spacial score (nSPS) is 44.9. The van der Waals surface area contributed by atoms with Crippen LogP contribution in [0.25, 0.3) is 0 Å². The Labute approximate surface area is 200 Å². The number of esters is 2. The van der Waals surface area contributed by atoms with E-state index < -0.39 is 0 Å². The smallest absolute Gasteiger partial charge is 0.313 e. The van der Waals surface area contributed by atoms with Crippen molar-refractivity contribution >= 4 is 11.9 Å². The minimum atomic E-state index is -0.265. The third-order valence-corrected chi connectivity index (χ3v) is 10.4. The van der Waals surface area contributed by atoms with Crippen molar-refractivity contribution in [2.45, 2.75) is 99.5 Å². The SMILES string of the molecule is CCCCCOC(=O)C1CC2CC(OC(=O)C34C5CC(C(C(C)(C)C)C53)C4C(C)(C)C)C1C2. The van der Waals surface area contributed by atoms with E-state index in [9.17, 15) is 9.59 Å². The van der Waals surface area contributed by atoms with Crippen LogP contribution in [-0.4, -0.2) is 24.6 Å². The van der Waals surface area contributed by atoms with Crippen molar-refractivity contribution in [1.29, 1.82) is 0 Å². The van der Waals surface area contributed by atoms with Gasteiger partial charge in [0.05, 0.1) is 17.9 Å². The molecular formula is C29H46O4. The lowest BCUT2D eigenvalue weighted by molar-refractivity contribution is -0.168. The minimum absolute atomic E-state index is 0.0506. The van der Waals surface area contributed by atoms with Crippen molar-refractivity contribution < 1.29 is 19.1 Å². The first-order valence-electron chi connectivity index (χ1n) is 13.8. The van der Waals surface area contributed by atoms with Gasteiger partial charge in [0.2, 0.25) is 0 Å². The molecule has 10 atom stereocenters. The number of ether oxygens (including phenoxy) is 2. The van der Waals surface area contributed by atoms with Gasteiger partial charge in [0.1, 0.15) is 6.10 Å². The lowest BCUT2D eigenvalue weighted by Crippen LogP contribution is -2.40. The Bertz CT molecular complexity index is 803. The number of hydrogen-bond acceptors (Lipinski definition) is 4. The van der Waals surface area contributed by atoms with Gasteiger partial charge >= 0.3 is 11.9 Å². The Morgan fingerprint density at radius 3 is 2.24 bits per heavy atom. The predicted octanol–water partition coefficient (Wildman–Crippen LogP) is 6.27. The van der Waals surface area contributed by atoms with Gasteiger partial charge in [-0.05, 0) is 78.4 Å². The fourth-order valence-corrected chi connectivity index (χ4v) is 9.76. The Kier molecular flexibility index (Phi) is 5.54. The quantitative estimate of drug-likeness (QED) is 0.333. The largest absolute Gasteiger partial charge is 0.465 e. The number of carbonyl (C=O) groups excluding carboxylic acids is 2. The molecule has 6 aliphatic carbocycles. The van der Waals surface area contributed by atoms with E-state index in [2.05, 4.69) is 48.5 Å². The summed E-state index contributed by atoms with van der Waals surface area (Å²) < 4.78 is 12.1. The third-order valence-electron chi connectivity index (χ3n) is 10.4. The monoisotopic (exact) mass is 458 g/mol. The molecule has 0 aromatic heterocycles. The van der Waals surface area contributed by atoms with Gasteiger partial charge in [-0.1, -0.05) is 61.3 Å². The van der Waals surface area contributed by atoms with Crippen LogP contribution in [0.5, 0.6) is 0 Å². The van der Waals surface area contributed by atoms with Crippen LogP contribution in [-0.2, 0) is 19.1 Å². The summed E-state index contributed by atoms with van der Waals surface area (Å²) in [4.78, 5) is 26.8.